The average Bonchev–Trinajstić information content (AvgIpc) is 2.74. The van der Waals surface area contributed by atoms with Crippen molar-refractivity contribution in [3.05, 3.63) is 71.5 Å². The lowest BCUT2D eigenvalue weighted by atomic mass is 10.1. The number of amides is 1. The number of anilines is 1. The summed E-state index contributed by atoms with van der Waals surface area (Å²) in [7, 11) is 1.54. The lowest BCUT2D eigenvalue weighted by Gasteiger charge is -2.15. The van der Waals surface area contributed by atoms with Gasteiger partial charge in [0.25, 0.3) is 11.8 Å². The molecule has 6 nitrogen and oxygen atoms in total. The van der Waals surface area contributed by atoms with Gasteiger partial charge in [-0.15, -0.1) is 0 Å². The summed E-state index contributed by atoms with van der Waals surface area (Å²) in [6.07, 6.45) is 1.11. The number of benzene rings is 2. The highest BCUT2D eigenvalue weighted by Crippen LogP contribution is 2.32. The van der Waals surface area contributed by atoms with E-state index in [0.29, 0.717) is 21.6 Å². The third kappa shape index (κ3) is 4.22. The Bertz CT molecular complexity index is 1070. The van der Waals surface area contributed by atoms with E-state index in [1.54, 1.807) is 38.3 Å². The summed E-state index contributed by atoms with van der Waals surface area (Å²) < 4.78 is 33.8. The quantitative estimate of drug-likeness (QED) is 0.465. The lowest BCUT2D eigenvalue weighted by molar-refractivity contribution is -0.899. The van der Waals surface area contributed by atoms with Crippen molar-refractivity contribution in [3.8, 4) is 17.1 Å². The highest BCUT2D eigenvalue weighted by atomic mass is 19.3. The minimum absolute atomic E-state index is 0.0523. The number of halogens is 2. The Morgan fingerprint density at radius 3 is 2.57 bits per heavy atom. The van der Waals surface area contributed by atoms with Crippen LogP contribution in [0.5, 0.6) is 5.75 Å². The Kier molecular flexibility index (Phi) is 5.96. The summed E-state index contributed by atoms with van der Waals surface area (Å²) in [5, 5.41) is 13.2. The third-order valence-electron chi connectivity index (χ3n) is 4.72. The van der Waals surface area contributed by atoms with Crippen molar-refractivity contribution in [2.45, 2.75) is 26.2 Å². The molecule has 156 valence electrons. The number of carbonyl (C=O) groups is 1. The second-order valence-corrected chi connectivity index (χ2v) is 6.75. The number of rotatable bonds is 6. The molecule has 0 bridgehead atoms. The Hall–Kier alpha value is -3.55. The van der Waals surface area contributed by atoms with E-state index >= 15 is 0 Å². The Morgan fingerprint density at radius 2 is 1.93 bits per heavy atom. The Labute approximate surface area is 172 Å². The van der Waals surface area contributed by atoms with Crippen molar-refractivity contribution in [3.63, 3.8) is 0 Å². The molecule has 2 N–H and O–H groups in total. The summed E-state index contributed by atoms with van der Waals surface area (Å²) in [4.78, 5) is 17.0. The molecule has 1 aromatic heterocycles. The maximum atomic E-state index is 14.0. The number of nitrogens with one attached hydrogen (secondary N) is 1. The fraction of sp³-hybridized carbons (Fsp3) is 0.227. The van der Waals surface area contributed by atoms with Gasteiger partial charge in [0.05, 0.1) is 12.7 Å². The minimum Gasteiger partial charge on any atom is -0.497 e. The van der Waals surface area contributed by atoms with Gasteiger partial charge in [-0.2, -0.15) is 0 Å². The van der Waals surface area contributed by atoms with Crippen LogP contribution in [0.2, 0.25) is 0 Å². The maximum absolute atomic E-state index is 14.0. The largest absolute Gasteiger partial charge is 0.497 e. The molecular formula is C22H22F2N3O3+. The zero-order valence-corrected chi connectivity index (χ0v) is 16.8. The number of methoxy groups -OCH3 is 1. The van der Waals surface area contributed by atoms with Gasteiger partial charge in [0.15, 0.2) is 0 Å². The molecule has 0 unspecified atom stereocenters. The van der Waals surface area contributed by atoms with E-state index in [2.05, 4.69) is 10.3 Å². The summed E-state index contributed by atoms with van der Waals surface area (Å²) in [6.45, 7) is 3.01. The van der Waals surface area contributed by atoms with E-state index in [-0.39, 0.29) is 29.2 Å². The van der Waals surface area contributed by atoms with Crippen molar-refractivity contribution in [1.82, 2.24) is 4.98 Å². The number of hydrogen-bond donors (Lipinski definition) is 2. The van der Waals surface area contributed by atoms with Crippen molar-refractivity contribution in [1.29, 1.82) is 0 Å². The van der Waals surface area contributed by atoms with Gasteiger partial charge in [0, 0.05) is 23.2 Å². The van der Waals surface area contributed by atoms with Crippen LogP contribution in [-0.4, -0.2) is 23.2 Å². The third-order valence-corrected chi connectivity index (χ3v) is 4.72. The highest BCUT2D eigenvalue weighted by molar-refractivity contribution is 6.02. The van der Waals surface area contributed by atoms with E-state index < -0.39 is 11.8 Å². The fourth-order valence-corrected chi connectivity index (χ4v) is 2.98. The number of carbonyl (C=O) groups excluding carboxylic acids is 1. The van der Waals surface area contributed by atoms with Crippen LogP contribution < -0.4 is 14.8 Å². The second-order valence-electron chi connectivity index (χ2n) is 6.75. The van der Waals surface area contributed by atoms with Crippen molar-refractivity contribution in [2.24, 2.45) is 0 Å². The topological polar surface area (TPSA) is 75.3 Å². The molecule has 0 aliphatic carbocycles. The SMILES string of the molecule is CCC(F)(F)c1cccc(NC(=O)c2c(C)cnc(-c3ccc(OC)cc3)[n+]2O)c1. The molecule has 3 aromatic rings. The number of aryl methyl sites for hydroxylation is 1. The molecule has 8 heteroatoms. The molecule has 0 aliphatic rings. The van der Waals surface area contributed by atoms with Gasteiger partial charge in [0.2, 0.25) is 5.69 Å². The molecule has 0 radical (unpaired) electrons. The molecule has 30 heavy (non-hydrogen) atoms. The predicted molar refractivity (Wildman–Crippen MR) is 107 cm³/mol. The number of aromatic nitrogens is 2. The van der Waals surface area contributed by atoms with Crippen LogP contribution in [-0.2, 0) is 5.92 Å². The highest BCUT2D eigenvalue weighted by Gasteiger charge is 2.30. The molecule has 0 saturated carbocycles. The number of alkyl halides is 2. The normalized spacial score (nSPS) is 11.2. The Morgan fingerprint density at radius 1 is 1.23 bits per heavy atom. The van der Waals surface area contributed by atoms with Gasteiger partial charge >= 0.3 is 5.82 Å². The van der Waals surface area contributed by atoms with Crippen molar-refractivity contribution < 1.29 is 28.2 Å². The van der Waals surface area contributed by atoms with Crippen LogP contribution in [0, 0.1) is 6.92 Å². The minimum atomic E-state index is -2.99. The standard InChI is InChI=1S/C22H21F2N3O3/c1-4-22(23,24)16-6-5-7-17(12-16)26-21(28)19-14(2)13-25-20(27(19)29)15-8-10-18(30-3)11-9-15/h5-13H,4H2,1-3H3,(H-,26,28,29)/p+1. The van der Waals surface area contributed by atoms with E-state index in [9.17, 15) is 18.8 Å². The smallest absolute Gasteiger partial charge is 0.369 e. The molecule has 0 aliphatic heterocycles. The van der Waals surface area contributed by atoms with E-state index in [0.717, 1.165) is 0 Å². The molecule has 1 amide bonds. The number of ether oxygens (including phenoxy) is 1. The van der Waals surface area contributed by atoms with Gasteiger partial charge in [-0.05, 0) is 53.0 Å². The zero-order valence-electron chi connectivity index (χ0n) is 16.8. The first-order valence-electron chi connectivity index (χ1n) is 9.32. The number of hydrogen-bond acceptors (Lipinski definition) is 4. The molecule has 0 fully saturated rings. The summed E-state index contributed by atoms with van der Waals surface area (Å²) in [6, 6.07) is 12.3. The van der Waals surface area contributed by atoms with E-state index in [4.69, 9.17) is 4.74 Å². The van der Waals surface area contributed by atoms with Crippen molar-refractivity contribution in [2.75, 3.05) is 12.4 Å². The van der Waals surface area contributed by atoms with Gasteiger partial charge < -0.3 is 15.3 Å². The summed E-state index contributed by atoms with van der Waals surface area (Å²) in [5.41, 5.74) is 0.945. The first-order valence-corrected chi connectivity index (χ1v) is 9.32. The first-order chi connectivity index (χ1) is 14.3. The zero-order chi connectivity index (χ0) is 21.9. The van der Waals surface area contributed by atoms with Gasteiger partial charge in [-0.25, -0.2) is 8.78 Å². The predicted octanol–water partition coefficient (Wildman–Crippen LogP) is 4.34. The van der Waals surface area contributed by atoms with Crippen LogP contribution in [0.15, 0.2) is 54.7 Å². The van der Waals surface area contributed by atoms with Gasteiger partial charge in [-0.3, -0.25) is 4.79 Å². The lowest BCUT2D eigenvalue weighted by Crippen LogP contribution is -2.43. The molecule has 0 spiro atoms. The van der Waals surface area contributed by atoms with E-state index in [1.165, 1.54) is 37.4 Å². The molecule has 0 saturated heterocycles. The van der Waals surface area contributed by atoms with Gasteiger partial charge in [0.1, 0.15) is 11.9 Å². The maximum Gasteiger partial charge on any atom is 0.369 e. The first kappa shape index (κ1) is 21.2. The van der Waals surface area contributed by atoms with Crippen molar-refractivity contribution >= 4 is 11.6 Å². The Balaban J connectivity index is 1.94. The molecule has 0 atom stereocenters. The fourth-order valence-electron chi connectivity index (χ4n) is 2.98. The summed E-state index contributed by atoms with van der Waals surface area (Å²) in [5.74, 6) is -2.85. The summed E-state index contributed by atoms with van der Waals surface area (Å²) >= 11 is 0. The van der Waals surface area contributed by atoms with Crippen LogP contribution >= 0.6 is 0 Å². The van der Waals surface area contributed by atoms with Crippen LogP contribution in [0.1, 0.15) is 35.0 Å². The molecule has 2 aromatic carbocycles. The molecular weight excluding hydrogens is 392 g/mol. The number of nitrogens with zero attached hydrogens (tertiary/aromatic N) is 2. The molecule has 1 heterocycles. The second kappa shape index (κ2) is 8.44. The van der Waals surface area contributed by atoms with Crippen LogP contribution in [0.3, 0.4) is 0 Å². The van der Waals surface area contributed by atoms with E-state index in [1.807, 2.05) is 0 Å². The monoisotopic (exact) mass is 414 g/mol. The van der Waals surface area contributed by atoms with Gasteiger partial charge in [-0.1, -0.05) is 19.1 Å². The van der Waals surface area contributed by atoms with Crippen LogP contribution in [0.25, 0.3) is 11.4 Å². The average molecular weight is 414 g/mol. The molecule has 3 rings (SSSR count). The van der Waals surface area contributed by atoms with Crippen LogP contribution in [0.4, 0.5) is 14.5 Å².